The standard InChI is InChI=1S/C15H21ClN4O/c1-3-15(19(2)20-9-7-17-8-10-20)18-14-6-4-5-13(16)12(14)11-21/h4-6,11,17H,3,7-10H2,1-2H3. The van der Waals surface area contributed by atoms with Gasteiger partial charge in [-0.1, -0.05) is 24.6 Å². The maximum Gasteiger partial charge on any atom is 0.153 e. The quantitative estimate of drug-likeness (QED) is 0.527. The minimum absolute atomic E-state index is 0.437. The molecule has 0 spiro atoms. The summed E-state index contributed by atoms with van der Waals surface area (Å²) in [5.41, 5.74) is 1.06. The van der Waals surface area contributed by atoms with E-state index < -0.39 is 0 Å². The number of nitrogens with zero attached hydrogens (tertiary/aromatic N) is 3. The number of carbonyl (C=O) groups is 1. The molecule has 1 aliphatic rings. The number of aldehydes is 1. The van der Waals surface area contributed by atoms with Crippen molar-refractivity contribution < 1.29 is 4.79 Å². The van der Waals surface area contributed by atoms with Gasteiger partial charge in [-0.25, -0.2) is 10.0 Å². The van der Waals surface area contributed by atoms with Gasteiger partial charge in [0.1, 0.15) is 5.84 Å². The lowest BCUT2D eigenvalue weighted by molar-refractivity contribution is 0.0538. The molecule has 2 rings (SSSR count). The molecule has 1 aromatic carbocycles. The van der Waals surface area contributed by atoms with Crippen LogP contribution in [0.3, 0.4) is 0 Å². The third-order valence-corrected chi connectivity index (χ3v) is 3.93. The van der Waals surface area contributed by atoms with E-state index in [2.05, 4.69) is 27.3 Å². The fourth-order valence-electron chi connectivity index (χ4n) is 2.38. The van der Waals surface area contributed by atoms with Crippen LogP contribution >= 0.6 is 11.6 Å². The second-order valence-electron chi connectivity index (χ2n) is 4.90. The Morgan fingerprint density at radius 3 is 2.81 bits per heavy atom. The first kappa shape index (κ1) is 15.9. The number of nitrogens with one attached hydrogen (secondary N) is 1. The Morgan fingerprint density at radius 2 is 2.19 bits per heavy atom. The van der Waals surface area contributed by atoms with Crippen molar-refractivity contribution >= 4 is 29.4 Å². The van der Waals surface area contributed by atoms with Gasteiger partial charge >= 0.3 is 0 Å². The molecule has 1 saturated heterocycles. The van der Waals surface area contributed by atoms with Gasteiger partial charge in [-0.15, -0.1) is 0 Å². The molecule has 114 valence electrons. The van der Waals surface area contributed by atoms with Crippen LogP contribution in [0.1, 0.15) is 23.7 Å². The van der Waals surface area contributed by atoms with E-state index in [1.807, 2.05) is 19.2 Å². The second-order valence-corrected chi connectivity index (χ2v) is 5.31. The molecule has 1 heterocycles. The fourth-order valence-corrected chi connectivity index (χ4v) is 2.59. The van der Waals surface area contributed by atoms with E-state index in [1.165, 1.54) is 0 Å². The van der Waals surface area contributed by atoms with Crippen molar-refractivity contribution in [3.05, 3.63) is 28.8 Å². The van der Waals surface area contributed by atoms with Crippen molar-refractivity contribution in [3.8, 4) is 0 Å². The molecule has 0 amide bonds. The molecule has 5 nitrogen and oxygen atoms in total. The average Bonchev–Trinajstić information content (AvgIpc) is 2.53. The third kappa shape index (κ3) is 3.81. The number of hydrogen-bond acceptors (Lipinski definition) is 4. The zero-order valence-electron chi connectivity index (χ0n) is 12.5. The van der Waals surface area contributed by atoms with E-state index in [9.17, 15) is 4.79 Å². The van der Waals surface area contributed by atoms with E-state index >= 15 is 0 Å². The number of aliphatic imine (C=N–C) groups is 1. The number of halogens is 1. The molecule has 0 radical (unpaired) electrons. The van der Waals surface area contributed by atoms with Gasteiger partial charge < -0.3 is 5.32 Å². The summed E-state index contributed by atoms with van der Waals surface area (Å²) in [5.74, 6) is 0.919. The Labute approximate surface area is 130 Å². The Morgan fingerprint density at radius 1 is 1.48 bits per heavy atom. The predicted octanol–water partition coefficient (Wildman–Crippen LogP) is 2.34. The highest BCUT2D eigenvalue weighted by Crippen LogP contribution is 2.25. The summed E-state index contributed by atoms with van der Waals surface area (Å²) < 4.78 is 0. The summed E-state index contributed by atoms with van der Waals surface area (Å²) in [5, 5.41) is 8.10. The summed E-state index contributed by atoms with van der Waals surface area (Å²) in [7, 11) is 2.01. The monoisotopic (exact) mass is 308 g/mol. The van der Waals surface area contributed by atoms with Crippen LogP contribution in [0.2, 0.25) is 5.02 Å². The molecule has 0 unspecified atom stereocenters. The van der Waals surface area contributed by atoms with Crippen LogP contribution in [-0.2, 0) is 0 Å². The van der Waals surface area contributed by atoms with Gasteiger partial charge in [-0.2, -0.15) is 0 Å². The number of hydrazine groups is 1. The summed E-state index contributed by atoms with van der Waals surface area (Å²) in [4.78, 5) is 15.9. The van der Waals surface area contributed by atoms with E-state index in [4.69, 9.17) is 11.6 Å². The highest BCUT2D eigenvalue weighted by molar-refractivity contribution is 6.33. The third-order valence-electron chi connectivity index (χ3n) is 3.60. The lowest BCUT2D eigenvalue weighted by Gasteiger charge is -2.36. The molecule has 1 aliphatic heterocycles. The number of piperazine rings is 1. The number of amidine groups is 1. The van der Waals surface area contributed by atoms with Gasteiger partial charge in [0.2, 0.25) is 0 Å². The molecule has 0 bridgehead atoms. The van der Waals surface area contributed by atoms with Gasteiger partial charge in [0.25, 0.3) is 0 Å². The maximum absolute atomic E-state index is 11.2. The SMILES string of the molecule is CCC(=Nc1cccc(Cl)c1C=O)N(C)N1CCNCC1. The van der Waals surface area contributed by atoms with Crippen LogP contribution in [0.15, 0.2) is 23.2 Å². The molecule has 1 aromatic rings. The second kappa shape index (κ2) is 7.54. The minimum Gasteiger partial charge on any atom is -0.314 e. The van der Waals surface area contributed by atoms with E-state index in [-0.39, 0.29) is 0 Å². The van der Waals surface area contributed by atoms with Crippen LogP contribution in [-0.4, -0.2) is 55.4 Å². The summed E-state index contributed by atoms with van der Waals surface area (Å²) in [6, 6.07) is 5.33. The van der Waals surface area contributed by atoms with Gasteiger partial charge in [-0.3, -0.25) is 9.80 Å². The van der Waals surface area contributed by atoms with Crippen molar-refractivity contribution in [1.29, 1.82) is 0 Å². The maximum atomic E-state index is 11.2. The minimum atomic E-state index is 0.437. The van der Waals surface area contributed by atoms with Gasteiger partial charge in [0.15, 0.2) is 6.29 Å². The predicted molar refractivity (Wildman–Crippen MR) is 86.4 cm³/mol. The summed E-state index contributed by atoms with van der Waals surface area (Å²) in [6.45, 7) is 5.90. The van der Waals surface area contributed by atoms with Crippen LogP contribution in [0.4, 0.5) is 5.69 Å². The summed E-state index contributed by atoms with van der Waals surface area (Å²) in [6.07, 6.45) is 1.55. The van der Waals surface area contributed by atoms with Gasteiger partial charge in [0, 0.05) is 39.6 Å². The molecule has 21 heavy (non-hydrogen) atoms. The molecule has 0 atom stereocenters. The largest absolute Gasteiger partial charge is 0.314 e. The normalized spacial score (nSPS) is 16.8. The molecule has 0 saturated carbocycles. The highest BCUT2D eigenvalue weighted by atomic mass is 35.5. The van der Waals surface area contributed by atoms with Crippen molar-refractivity contribution in [2.75, 3.05) is 33.2 Å². The number of rotatable bonds is 4. The number of hydrogen-bond donors (Lipinski definition) is 1. The van der Waals surface area contributed by atoms with E-state index in [1.54, 1.807) is 6.07 Å². The number of carbonyl (C=O) groups excluding carboxylic acids is 1. The molecule has 0 aromatic heterocycles. The molecular weight excluding hydrogens is 288 g/mol. The van der Waals surface area contributed by atoms with E-state index in [0.717, 1.165) is 44.7 Å². The van der Waals surface area contributed by atoms with Gasteiger partial charge in [0.05, 0.1) is 16.3 Å². The lowest BCUT2D eigenvalue weighted by atomic mass is 10.2. The Bertz CT molecular complexity index is 526. The van der Waals surface area contributed by atoms with Crippen LogP contribution < -0.4 is 5.32 Å². The smallest absolute Gasteiger partial charge is 0.153 e. The first-order chi connectivity index (χ1) is 10.2. The Kier molecular flexibility index (Phi) is 5.73. The fraction of sp³-hybridized carbons (Fsp3) is 0.467. The first-order valence-corrected chi connectivity index (χ1v) is 7.55. The topological polar surface area (TPSA) is 47.9 Å². The Hall–Kier alpha value is -1.43. The van der Waals surface area contributed by atoms with Crippen molar-refractivity contribution in [2.24, 2.45) is 4.99 Å². The van der Waals surface area contributed by atoms with E-state index in [0.29, 0.717) is 16.3 Å². The zero-order chi connectivity index (χ0) is 15.2. The number of benzene rings is 1. The van der Waals surface area contributed by atoms with Crippen LogP contribution in [0.5, 0.6) is 0 Å². The molecule has 6 heteroatoms. The molecular formula is C15H21ClN4O. The average molecular weight is 309 g/mol. The van der Waals surface area contributed by atoms with Crippen LogP contribution in [0.25, 0.3) is 0 Å². The molecule has 1 fully saturated rings. The Balaban J connectivity index is 2.27. The van der Waals surface area contributed by atoms with Gasteiger partial charge in [-0.05, 0) is 12.1 Å². The lowest BCUT2D eigenvalue weighted by Crippen LogP contribution is -2.52. The molecule has 0 aliphatic carbocycles. The summed E-state index contributed by atoms with van der Waals surface area (Å²) >= 11 is 6.05. The zero-order valence-corrected chi connectivity index (χ0v) is 13.2. The van der Waals surface area contributed by atoms with Crippen molar-refractivity contribution in [3.63, 3.8) is 0 Å². The highest BCUT2D eigenvalue weighted by Gasteiger charge is 2.17. The van der Waals surface area contributed by atoms with Crippen molar-refractivity contribution in [1.82, 2.24) is 15.3 Å². The first-order valence-electron chi connectivity index (χ1n) is 7.18. The molecule has 1 N–H and O–H groups in total. The van der Waals surface area contributed by atoms with Crippen molar-refractivity contribution in [2.45, 2.75) is 13.3 Å². The van der Waals surface area contributed by atoms with Crippen LogP contribution in [0, 0.1) is 0 Å².